The third kappa shape index (κ3) is 3.61. The lowest BCUT2D eigenvalue weighted by atomic mass is 10.1. The van der Waals surface area contributed by atoms with Crippen LogP contribution in [-0.2, 0) is 37.3 Å². The lowest BCUT2D eigenvalue weighted by molar-refractivity contribution is 0.0922. The molecule has 25 heavy (non-hydrogen) atoms. The first-order valence-electron chi connectivity index (χ1n) is 9.27. The van der Waals surface area contributed by atoms with Gasteiger partial charge >= 0.3 is 0 Å². The second-order valence-corrected chi connectivity index (χ2v) is 7.05. The summed E-state index contributed by atoms with van der Waals surface area (Å²) in [5, 5.41) is 7.65. The molecule has 0 radical (unpaired) electrons. The molecule has 0 unspecified atom stereocenters. The first-order valence-corrected chi connectivity index (χ1v) is 9.27. The van der Waals surface area contributed by atoms with E-state index in [-0.39, 0.29) is 5.91 Å². The van der Waals surface area contributed by atoms with Crippen LogP contribution in [-0.4, -0.2) is 22.3 Å². The average molecular weight is 339 g/mol. The van der Waals surface area contributed by atoms with Crippen molar-refractivity contribution in [1.82, 2.24) is 15.1 Å². The molecule has 1 aliphatic heterocycles. The maximum atomic E-state index is 12.7. The number of ether oxygens (including phenoxy) is 1. The van der Waals surface area contributed by atoms with E-state index >= 15 is 0 Å². The second-order valence-electron chi connectivity index (χ2n) is 7.05. The van der Waals surface area contributed by atoms with Crippen molar-refractivity contribution in [2.24, 2.45) is 5.92 Å². The molecular weight excluding hydrogens is 314 g/mol. The van der Waals surface area contributed by atoms with E-state index in [4.69, 9.17) is 4.74 Å². The van der Waals surface area contributed by atoms with Gasteiger partial charge in [0.05, 0.1) is 13.2 Å². The van der Waals surface area contributed by atoms with Crippen molar-refractivity contribution in [2.45, 2.75) is 52.3 Å². The highest BCUT2D eigenvalue weighted by Crippen LogP contribution is 2.32. The van der Waals surface area contributed by atoms with Gasteiger partial charge in [0.2, 0.25) is 0 Å². The molecule has 1 amide bonds. The molecule has 1 aromatic carbocycles. The Morgan fingerprint density at radius 1 is 1.28 bits per heavy atom. The summed E-state index contributed by atoms with van der Waals surface area (Å²) in [6.45, 7) is 4.81. The monoisotopic (exact) mass is 339 g/mol. The number of carbonyl (C=O) groups is 1. The highest BCUT2D eigenvalue weighted by Gasteiger charge is 2.29. The van der Waals surface area contributed by atoms with Gasteiger partial charge in [-0.1, -0.05) is 31.2 Å². The van der Waals surface area contributed by atoms with Crippen LogP contribution in [0.1, 0.15) is 52.6 Å². The molecule has 1 fully saturated rings. The van der Waals surface area contributed by atoms with Crippen LogP contribution in [0.5, 0.6) is 0 Å². The summed E-state index contributed by atoms with van der Waals surface area (Å²) in [6.07, 6.45) is 4.43. The van der Waals surface area contributed by atoms with Crippen LogP contribution in [0, 0.1) is 5.92 Å². The summed E-state index contributed by atoms with van der Waals surface area (Å²) in [5.41, 5.74) is 5.12. The summed E-state index contributed by atoms with van der Waals surface area (Å²) in [7, 11) is 0. The molecule has 1 aromatic heterocycles. The van der Waals surface area contributed by atoms with E-state index in [9.17, 15) is 4.79 Å². The minimum Gasteiger partial charge on any atom is -0.376 e. The number of nitrogens with one attached hydrogen (secondary N) is 1. The summed E-state index contributed by atoms with van der Waals surface area (Å²) < 4.78 is 7.63. The molecule has 1 aliphatic carbocycles. The molecule has 1 saturated carbocycles. The third-order valence-electron chi connectivity index (χ3n) is 5.12. The van der Waals surface area contributed by atoms with Crippen molar-refractivity contribution in [3.63, 3.8) is 0 Å². The zero-order chi connectivity index (χ0) is 17.2. The van der Waals surface area contributed by atoms with Gasteiger partial charge < -0.3 is 10.1 Å². The minimum absolute atomic E-state index is 0.101. The van der Waals surface area contributed by atoms with Crippen molar-refractivity contribution >= 4 is 5.91 Å². The van der Waals surface area contributed by atoms with E-state index in [1.165, 1.54) is 24.1 Å². The molecule has 0 atom stereocenters. The van der Waals surface area contributed by atoms with Crippen molar-refractivity contribution in [1.29, 1.82) is 0 Å². The number of carbonyl (C=O) groups excluding carboxylic acids is 1. The molecule has 2 heterocycles. The maximum absolute atomic E-state index is 12.7. The Morgan fingerprint density at radius 3 is 2.76 bits per heavy atom. The van der Waals surface area contributed by atoms with Gasteiger partial charge in [0.15, 0.2) is 5.69 Å². The number of fused-ring (bicyclic) bond motifs is 1. The van der Waals surface area contributed by atoms with Gasteiger partial charge in [-0.3, -0.25) is 9.48 Å². The summed E-state index contributed by atoms with van der Waals surface area (Å²) >= 11 is 0. The van der Waals surface area contributed by atoms with Crippen molar-refractivity contribution < 1.29 is 9.53 Å². The standard InChI is InChI=1S/C20H25N3O2/c1-2-14-3-5-15(6-4-14)11-21-20(24)19-17-13-25-10-9-18(17)23(22-19)12-16-7-8-16/h3-6,16H,2,7-13H2,1H3,(H,21,24). The second kappa shape index (κ2) is 7.00. The fraction of sp³-hybridized carbons (Fsp3) is 0.500. The molecule has 2 aliphatic rings. The third-order valence-corrected chi connectivity index (χ3v) is 5.12. The van der Waals surface area contributed by atoms with Gasteiger partial charge in [0.25, 0.3) is 5.91 Å². The smallest absolute Gasteiger partial charge is 0.272 e. The largest absolute Gasteiger partial charge is 0.376 e. The van der Waals surface area contributed by atoms with Crippen LogP contribution in [0.3, 0.4) is 0 Å². The Hall–Kier alpha value is -2.14. The molecule has 0 saturated heterocycles. The van der Waals surface area contributed by atoms with E-state index < -0.39 is 0 Å². The normalized spacial score (nSPS) is 16.5. The average Bonchev–Trinajstić information content (AvgIpc) is 3.40. The van der Waals surface area contributed by atoms with Gasteiger partial charge in [0, 0.05) is 30.8 Å². The number of hydrogen-bond donors (Lipinski definition) is 1. The lowest BCUT2D eigenvalue weighted by Crippen LogP contribution is -2.25. The number of rotatable bonds is 6. The quantitative estimate of drug-likeness (QED) is 0.880. The van der Waals surface area contributed by atoms with Crippen molar-refractivity contribution in [3.05, 3.63) is 52.3 Å². The Morgan fingerprint density at radius 2 is 2.04 bits per heavy atom. The Kier molecular flexibility index (Phi) is 4.57. The Labute approximate surface area is 148 Å². The SMILES string of the molecule is CCc1ccc(CNC(=O)c2nn(CC3CC3)c3c2COCC3)cc1. The first-order chi connectivity index (χ1) is 12.2. The molecular formula is C20H25N3O2. The zero-order valence-electron chi connectivity index (χ0n) is 14.8. The predicted molar refractivity (Wildman–Crippen MR) is 95.3 cm³/mol. The number of amides is 1. The number of nitrogens with zero attached hydrogens (tertiary/aromatic N) is 2. The van der Waals surface area contributed by atoms with Crippen LogP contribution in [0.4, 0.5) is 0 Å². The van der Waals surface area contributed by atoms with Gasteiger partial charge in [0.1, 0.15) is 0 Å². The molecule has 2 aromatic rings. The van der Waals surface area contributed by atoms with Gasteiger partial charge in [-0.2, -0.15) is 5.10 Å². The molecule has 0 spiro atoms. The zero-order valence-corrected chi connectivity index (χ0v) is 14.8. The molecule has 5 heteroatoms. The van der Waals surface area contributed by atoms with Crippen LogP contribution in [0.15, 0.2) is 24.3 Å². The maximum Gasteiger partial charge on any atom is 0.272 e. The van der Waals surface area contributed by atoms with Gasteiger partial charge in [-0.25, -0.2) is 0 Å². The fourth-order valence-electron chi connectivity index (χ4n) is 3.35. The summed E-state index contributed by atoms with van der Waals surface area (Å²) in [6, 6.07) is 8.37. The van der Waals surface area contributed by atoms with Gasteiger partial charge in [-0.15, -0.1) is 0 Å². The highest BCUT2D eigenvalue weighted by molar-refractivity contribution is 5.94. The minimum atomic E-state index is -0.101. The van der Waals surface area contributed by atoms with E-state index in [0.717, 1.165) is 36.4 Å². The Bertz CT molecular complexity index is 760. The molecule has 4 rings (SSSR count). The van der Waals surface area contributed by atoms with E-state index in [0.29, 0.717) is 25.5 Å². The van der Waals surface area contributed by atoms with Crippen LogP contribution >= 0.6 is 0 Å². The van der Waals surface area contributed by atoms with Gasteiger partial charge in [-0.05, 0) is 36.3 Å². The molecule has 1 N–H and O–H groups in total. The molecule has 132 valence electrons. The number of aryl methyl sites for hydroxylation is 1. The molecule has 0 bridgehead atoms. The topological polar surface area (TPSA) is 56.2 Å². The van der Waals surface area contributed by atoms with Crippen LogP contribution < -0.4 is 5.32 Å². The highest BCUT2D eigenvalue weighted by atomic mass is 16.5. The lowest BCUT2D eigenvalue weighted by Gasteiger charge is -2.15. The summed E-state index contributed by atoms with van der Waals surface area (Å²) in [5.74, 6) is 0.635. The van der Waals surface area contributed by atoms with E-state index in [1.54, 1.807) is 0 Å². The van der Waals surface area contributed by atoms with Crippen molar-refractivity contribution in [3.8, 4) is 0 Å². The summed E-state index contributed by atoms with van der Waals surface area (Å²) in [4.78, 5) is 12.7. The number of benzene rings is 1. The Balaban J connectivity index is 1.47. The van der Waals surface area contributed by atoms with Crippen LogP contribution in [0.2, 0.25) is 0 Å². The van der Waals surface area contributed by atoms with E-state index in [2.05, 4.69) is 46.3 Å². The van der Waals surface area contributed by atoms with Crippen LogP contribution in [0.25, 0.3) is 0 Å². The van der Waals surface area contributed by atoms with Crippen molar-refractivity contribution in [2.75, 3.05) is 6.61 Å². The first kappa shape index (κ1) is 16.3. The number of hydrogen-bond acceptors (Lipinski definition) is 3. The fourth-order valence-corrected chi connectivity index (χ4v) is 3.35. The number of aromatic nitrogens is 2. The van der Waals surface area contributed by atoms with E-state index in [1.807, 2.05) is 0 Å². The molecule has 5 nitrogen and oxygen atoms in total. The predicted octanol–water partition coefficient (Wildman–Crippen LogP) is 2.86.